The van der Waals surface area contributed by atoms with E-state index in [4.69, 9.17) is 0 Å². The summed E-state index contributed by atoms with van der Waals surface area (Å²) in [6, 6.07) is 14.8. The Morgan fingerprint density at radius 3 is 2.28 bits per heavy atom. The topological polar surface area (TPSA) is 49.4 Å². The second kappa shape index (κ2) is 9.02. The first-order valence-corrected chi connectivity index (χ1v) is 8.71. The highest BCUT2D eigenvalue weighted by Crippen LogP contribution is 2.10. The van der Waals surface area contributed by atoms with Gasteiger partial charge in [-0.2, -0.15) is 0 Å². The maximum absolute atomic E-state index is 12.3. The Kier molecular flexibility index (Phi) is 6.75. The number of unbranched alkanes of at least 4 members (excludes halogenated alkanes) is 1. The van der Waals surface area contributed by atoms with Crippen molar-refractivity contribution in [1.29, 1.82) is 0 Å². The number of nitrogens with zero attached hydrogens (tertiary/aromatic N) is 1. The Morgan fingerprint density at radius 1 is 1.00 bits per heavy atom. The van der Waals surface area contributed by atoms with Crippen molar-refractivity contribution >= 4 is 11.8 Å². The zero-order valence-corrected chi connectivity index (χ0v) is 15.2. The Hall–Kier alpha value is -2.62. The van der Waals surface area contributed by atoms with Crippen LogP contribution in [-0.4, -0.2) is 30.3 Å². The molecule has 25 heavy (non-hydrogen) atoms. The molecule has 4 nitrogen and oxygen atoms in total. The standard InChI is InChI=1S/C21H26N2O2/c1-4-5-14-23(3)21(25)18-12-10-17(11-13-18)20(24)22-15-19-9-7-6-8-16(19)2/h6-13H,4-5,14-15H2,1-3H3,(H,22,24). The zero-order chi connectivity index (χ0) is 18.2. The number of hydrogen-bond acceptors (Lipinski definition) is 2. The molecule has 132 valence electrons. The number of aryl methyl sites for hydroxylation is 1. The number of nitrogens with one attached hydrogen (secondary N) is 1. The molecular weight excluding hydrogens is 312 g/mol. The van der Waals surface area contributed by atoms with E-state index in [1.54, 1.807) is 36.2 Å². The van der Waals surface area contributed by atoms with Crippen molar-refractivity contribution in [3.8, 4) is 0 Å². The molecule has 2 amide bonds. The van der Waals surface area contributed by atoms with E-state index in [9.17, 15) is 9.59 Å². The number of carbonyl (C=O) groups excluding carboxylic acids is 2. The number of rotatable bonds is 7. The zero-order valence-electron chi connectivity index (χ0n) is 15.2. The van der Waals surface area contributed by atoms with Crippen LogP contribution in [0.5, 0.6) is 0 Å². The molecule has 0 aliphatic rings. The van der Waals surface area contributed by atoms with Crippen molar-refractivity contribution in [3.05, 3.63) is 70.8 Å². The van der Waals surface area contributed by atoms with Gasteiger partial charge in [-0.1, -0.05) is 37.6 Å². The second-order valence-electron chi connectivity index (χ2n) is 6.27. The molecule has 2 rings (SSSR count). The maximum Gasteiger partial charge on any atom is 0.253 e. The Morgan fingerprint density at radius 2 is 1.64 bits per heavy atom. The molecule has 0 atom stereocenters. The van der Waals surface area contributed by atoms with Gasteiger partial charge >= 0.3 is 0 Å². The van der Waals surface area contributed by atoms with E-state index in [1.165, 1.54) is 0 Å². The average molecular weight is 338 g/mol. The monoisotopic (exact) mass is 338 g/mol. The first kappa shape index (κ1) is 18.7. The highest BCUT2D eigenvalue weighted by molar-refractivity contribution is 5.97. The molecule has 4 heteroatoms. The average Bonchev–Trinajstić information content (AvgIpc) is 2.64. The van der Waals surface area contributed by atoms with E-state index in [0.717, 1.165) is 30.5 Å². The molecule has 0 aliphatic heterocycles. The van der Waals surface area contributed by atoms with Crippen LogP contribution in [0.3, 0.4) is 0 Å². The lowest BCUT2D eigenvalue weighted by atomic mass is 10.1. The fourth-order valence-corrected chi connectivity index (χ4v) is 2.57. The van der Waals surface area contributed by atoms with Crippen LogP contribution < -0.4 is 5.32 Å². The molecule has 0 bridgehead atoms. The molecule has 0 saturated carbocycles. The largest absolute Gasteiger partial charge is 0.348 e. The van der Waals surface area contributed by atoms with E-state index in [2.05, 4.69) is 12.2 Å². The van der Waals surface area contributed by atoms with E-state index < -0.39 is 0 Å². The molecule has 0 fully saturated rings. The van der Waals surface area contributed by atoms with Crippen molar-refractivity contribution in [2.24, 2.45) is 0 Å². The highest BCUT2D eigenvalue weighted by atomic mass is 16.2. The van der Waals surface area contributed by atoms with Crippen molar-refractivity contribution in [1.82, 2.24) is 10.2 Å². The fraction of sp³-hybridized carbons (Fsp3) is 0.333. The maximum atomic E-state index is 12.3. The second-order valence-corrected chi connectivity index (χ2v) is 6.27. The molecule has 0 saturated heterocycles. The van der Waals surface area contributed by atoms with Gasteiger partial charge in [0.2, 0.25) is 0 Å². The van der Waals surface area contributed by atoms with Gasteiger partial charge < -0.3 is 10.2 Å². The van der Waals surface area contributed by atoms with Gasteiger partial charge in [-0.05, 0) is 48.7 Å². The molecule has 2 aromatic rings. The predicted octanol–water partition coefficient (Wildman–Crippen LogP) is 3.80. The number of hydrogen-bond donors (Lipinski definition) is 1. The third kappa shape index (κ3) is 5.18. The lowest BCUT2D eigenvalue weighted by Gasteiger charge is -2.16. The lowest BCUT2D eigenvalue weighted by Crippen LogP contribution is -2.28. The summed E-state index contributed by atoms with van der Waals surface area (Å²) in [7, 11) is 1.81. The van der Waals surface area contributed by atoms with Crippen molar-refractivity contribution in [2.75, 3.05) is 13.6 Å². The normalized spacial score (nSPS) is 10.4. The van der Waals surface area contributed by atoms with Crippen molar-refractivity contribution in [3.63, 3.8) is 0 Å². The molecule has 2 aromatic carbocycles. The number of benzene rings is 2. The van der Waals surface area contributed by atoms with Gasteiger partial charge in [0, 0.05) is 31.3 Å². The van der Waals surface area contributed by atoms with E-state index in [0.29, 0.717) is 17.7 Å². The number of carbonyl (C=O) groups is 2. The summed E-state index contributed by atoms with van der Waals surface area (Å²) in [5.41, 5.74) is 3.41. The summed E-state index contributed by atoms with van der Waals surface area (Å²) >= 11 is 0. The van der Waals surface area contributed by atoms with Gasteiger partial charge in [-0.15, -0.1) is 0 Å². The minimum Gasteiger partial charge on any atom is -0.348 e. The van der Waals surface area contributed by atoms with E-state index in [1.807, 2.05) is 31.2 Å². The van der Waals surface area contributed by atoms with Crippen LogP contribution in [0, 0.1) is 6.92 Å². The molecule has 0 heterocycles. The van der Waals surface area contributed by atoms with Crippen molar-refractivity contribution < 1.29 is 9.59 Å². The molecule has 0 unspecified atom stereocenters. The minimum atomic E-state index is -0.137. The predicted molar refractivity (Wildman–Crippen MR) is 101 cm³/mol. The van der Waals surface area contributed by atoms with Gasteiger partial charge in [-0.3, -0.25) is 9.59 Å². The molecule has 0 aromatic heterocycles. The summed E-state index contributed by atoms with van der Waals surface area (Å²) in [5, 5.41) is 2.92. The van der Waals surface area contributed by atoms with Crippen molar-refractivity contribution in [2.45, 2.75) is 33.2 Å². The lowest BCUT2D eigenvalue weighted by molar-refractivity contribution is 0.0792. The summed E-state index contributed by atoms with van der Waals surface area (Å²) < 4.78 is 0. The van der Waals surface area contributed by atoms with E-state index >= 15 is 0 Å². The first-order valence-electron chi connectivity index (χ1n) is 8.71. The van der Waals surface area contributed by atoms with Crippen LogP contribution in [0.4, 0.5) is 0 Å². The highest BCUT2D eigenvalue weighted by Gasteiger charge is 2.12. The third-order valence-electron chi connectivity index (χ3n) is 4.29. The third-order valence-corrected chi connectivity index (χ3v) is 4.29. The smallest absolute Gasteiger partial charge is 0.253 e. The van der Waals surface area contributed by atoms with Gasteiger partial charge in [-0.25, -0.2) is 0 Å². The molecule has 0 radical (unpaired) electrons. The summed E-state index contributed by atoms with van der Waals surface area (Å²) in [6.45, 7) is 5.36. The van der Waals surface area contributed by atoms with Gasteiger partial charge in [0.1, 0.15) is 0 Å². The Balaban J connectivity index is 1.96. The van der Waals surface area contributed by atoms with E-state index in [-0.39, 0.29) is 11.8 Å². The SMILES string of the molecule is CCCCN(C)C(=O)c1ccc(C(=O)NCc2ccccc2C)cc1. The fourth-order valence-electron chi connectivity index (χ4n) is 2.57. The van der Waals surface area contributed by atoms with Crippen LogP contribution >= 0.6 is 0 Å². The molecular formula is C21H26N2O2. The minimum absolute atomic E-state index is 0.0136. The van der Waals surface area contributed by atoms with Crippen LogP contribution in [0.2, 0.25) is 0 Å². The van der Waals surface area contributed by atoms with Crippen LogP contribution in [-0.2, 0) is 6.54 Å². The van der Waals surface area contributed by atoms with Crippen LogP contribution in [0.1, 0.15) is 51.6 Å². The Bertz CT molecular complexity index is 723. The van der Waals surface area contributed by atoms with Crippen LogP contribution in [0.15, 0.2) is 48.5 Å². The molecule has 0 spiro atoms. The van der Waals surface area contributed by atoms with Gasteiger partial charge in [0.05, 0.1) is 0 Å². The van der Waals surface area contributed by atoms with Gasteiger partial charge in [0.25, 0.3) is 11.8 Å². The van der Waals surface area contributed by atoms with Crippen LogP contribution in [0.25, 0.3) is 0 Å². The summed E-state index contributed by atoms with van der Waals surface area (Å²) in [5.74, 6) is -0.151. The number of amides is 2. The van der Waals surface area contributed by atoms with Gasteiger partial charge in [0.15, 0.2) is 0 Å². The quantitative estimate of drug-likeness (QED) is 0.835. The summed E-state index contributed by atoms with van der Waals surface area (Å²) in [4.78, 5) is 26.3. The molecule has 0 aliphatic carbocycles. The molecule has 1 N–H and O–H groups in total. The first-order chi connectivity index (χ1) is 12.0. The summed E-state index contributed by atoms with van der Waals surface area (Å²) in [6.07, 6.45) is 2.04. The Labute approximate surface area is 149 Å².